The monoisotopic (exact) mass is 449 g/mol. The maximum Gasteiger partial charge on any atom is 0.253 e. The summed E-state index contributed by atoms with van der Waals surface area (Å²) in [5, 5.41) is 5.06. The highest BCUT2D eigenvalue weighted by atomic mass is 32.1. The minimum atomic E-state index is -0.0506. The molecule has 0 unspecified atom stereocenters. The summed E-state index contributed by atoms with van der Waals surface area (Å²) >= 11 is 5.87. The molecule has 168 valence electrons. The van der Waals surface area contributed by atoms with E-state index >= 15 is 0 Å². The number of aromatic nitrogens is 1. The summed E-state index contributed by atoms with van der Waals surface area (Å²) in [5.74, 6) is 0.743. The van der Waals surface area contributed by atoms with Crippen molar-refractivity contribution in [2.75, 3.05) is 12.4 Å². The minimum Gasteiger partial charge on any atom is -0.495 e. The first-order valence-corrected chi connectivity index (χ1v) is 11.7. The van der Waals surface area contributed by atoms with Gasteiger partial charge in [0.2, 0.25) is 0 Å². The Balaban J connectivity index is 1.67. The standard InChI is InChI=1S/C26H31N3O2S/c1-17-13-18(2)24-19(14-17)15-20(25(30)28-24)16-29(21-9-5-4-6-10-21)26(32)27-22-11-7-8-12-23(22)31-3/h7-8,11-15,21H,4-6,9-10,16H2,1-3H3,(H,27,32)(H,28,30). The van der Waals surface area contributed by atoms with E-state index in [-0.39, 0.29) is 5.56 Å². The van der Waals surface area contributed by atoms with Gasteiger partial charge in [0, 0.05) is 11.6 Å². The zero-order chi connectivity index (χ0) is 22.7. The van der Waals surface area contributed by atoms with Gasteiger partial charge >= 0.3 is 0 Å². The molecule has 1 aliphatic rings. The van der Waals surface area contributed by atoms with Crippen LogP contribution in [0, 0.1) is 13.8 Å². The van der Waals surface area contributed by atoms with Crippen molar-refractivity contribution in [2.45, 2.75) is 58.5 Å². The van der Waals surface area contributed by atoms with Crippen molar-refractivity contribution in [2.24, 2.45) is 0 Å². The second kappa shape index (κ2) is 9.74. The third-order valence-electron chi connectivity index (χ3n) is 6.34. The van der Waals surface area contributed by atoms with Gasteiger partial charge in [-0.3, -0.25) is 4.79 Å². The van der Waals surface area contributed by atoms with E-state index in [1.54, 1.807) is 7.11 Å². The molecule has 32 heavy (non-hydrogen) atoms. The fourth-order valence-corrected chi connectivity index (χ4v) is 5.05. The third kappa shape index (κ3) is 4.80. The van der Waals surface area contributed by atoms with E-state index in [9.17, 15) is 4.79 Å². The number of ether oxygens (including phenoxy) is 1. The number of aryl methyl sites for hydroxylation is 2. The molecule has 0 atom stereocenters. The molecule has 2 N–H and O–H groups in total. The van der Waals surface area contributed by atoms with Crippen LogP contribution in [-0.4, -0.2) is 28.1 Å². The molecule has 1 heterocycles. The zero-order valence-corrected chi connectivity index (χ0v) is 19.8. The summed E-state index contributed by atoms with van der Waals surface area (Å²) in [7, 11) is 1.65. The molecule has 0 aliphatic heterocycles. The molecular weight excluding hydrogens is 418 g/mol. The number of pyridine rings is 1. The van der Waals surface area contributed by atoms with Crippen LogP contribution in [0.1, 0.15) is 48.8 Å². The average molecular weight is 450 g/mol. The fourth-order valence-electron chi connectivity index (χ4n) is 4.73. The second-order valence-electron chi connectivity index (χ2n) is 8.72. The Labute approximate surface area is 194 Å². The SMILES string of the molecule is COc1ccccc1NC(=S)N(Cc1cc2cc(C)cc(C)c2[nH]c1=O)C1CCCCC1. The van der Waals surface area contributed by atoms with Crippen molar-refractivity contribution >= 4 is 33.9 Å². The van der Waals surface area contributed by atoms with Crippen LogP contribution in [0.4, 0.5) is 5.69 Å². The number of benzene rings is 2. The first kappa shape index (κ1) is 22.3. The van der Waals surface area contributed by atoms with Crippen molar-refractivity contribution in [3.8, 4) is 5.75 Å². The molecule has 1 aliphatic carbocycles. The highest BCUT2D eigenvalue weighted by Gasteiger charge is 2.25. The fraction of sp³-hybridized carbons (Fsp3) is 0.385. The number of methoxy groups -OCH3 is 1. The molecule has 2 aromatic carbocycles. The number of hydrogen-bond donors (Lipinski definition) is 2. The van der Waals surface area contributed by atoms with Gasteiger partial charge in [0.25, 0.3) is 5.56 Å². The maximum absolute atomic E-state index is 13.0. The van der Waals surface area contributed by atoms with Gasteiger partial charge in [-0.2, -0.15) is 0 Å². The van der Waals surface area contributed by atoms with E-state index in [2.05, 4.69) is 34.3 Å². The summed E-state index contributed by atoms with van der Waals surface area (Å²) in [4.78, 5) is 18.3. The van der Waals surface area contributed by atoms with Crippen LogP contribution < -0.4 is 15.6 Å². The van der Waals surface area contributed by atoms with E-state index in [1.165, 1.54) is 24.8 Å². The Morgan fingerprint density at radius 3 is 2.66 bits per heavy atom. The van der Waals surface area contributed by atoms with Crippen LogP contribution in [0.15, 0.2) is 47.3 Å². The topological polar surface area (TPSA) is 57.4 Å². The van der Waals surface area contributed by atoms with Gasteiger partial charge in [-0.05, 0) is 74.1 Å². The highest BCUT2D eigenvalue weighted by Crippen LogP contribution is 2.28. The lowest BCUT2D eigenvalue weighted by Gasteiger charge is -2.36. The van der Waals surface area contributed by atoms with Gasteiger partial charge in [0.05, 0.1) is 24.9 Å². The molecule has 0 spiro atoms. The lowest BCUT2D eigenvalue weighted by Crippen LogP contribution is -2.44. The zero-order valence-electron chi connectivity index (χ0n) is 19.0. The van der Waals surface area contributed by atoms with Gasteiger partial charge in [-0.25, -0.2) is 0 Å². The van der Waals surface area contributed by atoms with Gasteiger partial charge < -0.3 is 19.9 Å². The molecule has 3 aromatic rings. The second-order valence-corrected chi connectivity index (χ2v) is 9.11. The summed E-state index contributed by atoms with van der Waals surface area (Å²) in [6.45, 7) is 4.59. The lowest BCUT2D eigenvalue weighted by molar-refractivity contribution is 0.240. The van der Waals surface area contributed by atoms with Gasteiger partial charge in [-0.15, -0.1) is 0 Å². The molecule has 4 rings (SSSR count). The van der Waals surface area contributed by atoms with Crippen molar-refractivity contribution in [1.82, 2.24) is 9.88 Å². The van der Waals surface area contributed by atoms with Gasteiger partial charge in [0.15, 0.2) is 5.11 Å². The molecule has 0 saturated heterocycles. The predicted octanol–water partition coefficient (Wildman–Crippen LogP) is 5.69. The molecular formula is C26H31N3O2S. The summed E-state index contributed by atoms with van der Waals surface area (Å²) in [5.41, 5.74) is 4.69. The molecule has 1 fully saturated rings. The average Bonchev–Trinajstić information content (AvgIpc) is 2.79. The summed E-state index contributed by atoms with van der Waals surface area (Å²) < 4.78 is 5.48. The van der Waals surface area contributed by atoms with Crippen molar-refractivity contribution in [1.29, 1.82) is 0 Å². The quantitative estimate of drug-likeness (QED) is 0.491. The molecule has 6 heteroatoms. The molecule has 0 amide bonds. The van der Waals surface area contributed by atoms with Crippen molar-refractivity contribution < 1.29 is 4.74 Å². The number of anilines is 1. The van der Waals surface area contributed by atoms with Crippen LogP contribution >= 0.6 is 12.2 Å². The Morgan fingerprint density at radius 2 is 1.91 bits per heavy atom. The summed E-state index contributed by atoms with van der Waals surface area (Å²) in [6.07, 6.45) is 5.79. The Kier molecular flexibility index (Phi) is 6.80. The first-order valence-electron chi connectivity index (χ1n) is 11.3. The number of nitrogens with zero attached hydrogens (tertiary/aromatic N) is 1. The largest absolute Gasteiger partial charge is 0.495 e. The Hall–Kier alpha value is -2.86. The number of aromatic amines is 1. The first-order chi connectivity index (χ1) is 15.5. The Morgan fingerprint density at radius 1 is 1.16 bits per heavy atom. The molecule has 1 aromatic heterocycles. The van der Waals surface area contributed by atoms with Crippen LogP contribution in [0.25, 0.3) is 10.9 Å². The number of thiocarbonyl (C=S) groups is 1. The van der Waals surface area contributed by atoms with Crippen molar-refractivity contribution in [3.63, 3.8) is 0 Å². The molecule has 1 saturated carbocycles. The molecule has 0 bridgehead atoms. The number of nitrogens with one attached hydrogen (secondary N) is 2. The number of para-hydroxylation sites is 2. The Bertz CT molecular complexity index is 1180. The third-order valence-corrected chi connectivity index (χ3v) is 6.67. The highest BCUT2D eigenvalue weighted by molar-refractivity contribution is 7.80. The molecule has 0 radical (unpaired) electrons. The van der Waals surface area contributed by atoms with E-state index in [0.29, 0.717) is 17.7 Å². The summed E-state index contributed by atoms with van der Waals surface area (Å²) in [6, 6.07) is 14.3. The predicted molar refractivity (Wildman–Crippen MR) is 136 cm³/mol. The number of fused-ring (bicyclic) bond motifs is 1. The maximum atomic E-state index is 13.0. The van der Waals surface area contributed by atoms with E-state index < -0.39 is 0 Å². The van der Waals surface area contributed by atoms with Crippen LogP contribution in [0.3, 0.4) is 0 Å². The minimum absolute atomic E-state index is 0.0506. The van der Waals surface area contributed by atoms with E-state index in [0.717, 1.165) is 46.3 Å². The van der Waals surface area contributed by atoms with Crippen LogP contribution in [-0.2, 0) is 6.54 Å². The van der Waals surface area contributed by atoms with E-state index in [1.807, 2.05) is 37.3 Å². The molecule has 5 nitrogen and oxygen atoms in total. The lowest BCUT2D eigenvalue weighted by atomic mass is 9.94. The van der Waals surface area contributed by atoms with Gasteiger partial charge in [-0.1, -0.05) is 43.0 Å². The van der Waals surface area contributed by atoms with Crippen LogP contribution in [0.5, 0.6) is 5.75 Å². The number of H-pyrrole nitrogens is 1. The normalized spacial score (nSPS) is 14.3. The number of rotatable bonds is 5. The van der Waals surface area contributed by atoms with Gasteiger partial charge in [0.1, 0.15) is 5.75 Å². The van der Waals surface area contributed by atoms with Crippen LogP contribution in [0.2, 0.25) is 0 Å². The van der Waals surface area contributed by atoms with Crippen molar-refractivity contribution in [3.05, 3.63) is 69.5 Å². The smallest absolute Gasteiger partial charge is 0.253 e. The van der Waals surface area contributed by atoms with E-state index in [4.69, 9.17) is 17.0 Å². The number of hydrogen-bond acceptors (Lipinski definition) is 3.